The second-order valence-corrected chi connectivity index (χ2v) is 5.16. The van der Waals surface area contributed by atoms with E-state index in [1.54, 1.807) is 24.3 Å². The molecule has 0 spiro atoms. The van der Waals surface area contributed by atoms with Crippen LogP contribution in [0.4, 0.5) is 10.5 Å². The number of carbonyl (C=O) groups excluding carboxylic acids is 2. The van der Waals surface area contributed by atoms with Gasteiger partial charge < -0.3 is 21.5 Å². The van der Waals surface area contributed by atoms with Gasteiger partial charge in [0.1, 0.15) is 5.54 Å². The Morgan fingerprint density at radius 2 is 1.76 bits per heavy atom. The molecule has 0 atom stereocenters. The van der Waals surface area contributed by atoms with E-state index in [9.17, 15) is 14.4 Å². The summed E-state index contributed by atoms with van der Waals surface area (Å²) in [6.07, 6.45) is 0.483. The van der Waals surface area contributed by atoms with E-state index in [1.807, 2.05) is 0 Å². The number of carboxylic acid groups (broad SMARTS) is 1. The Balaban J connectivity index is 2.57. The zero-order valence-corrected chi connectivity index (χ0v) is 12.0. The maximum absolute atomic E-state index is 11.7. The van der Waals surface area contributed by atoms with Crippen molar-refractivity contribution in [2.45, 2.75) is 32.2 Å². The fourth-order valence-electron chi connectivity index (χ4n) is 1.51. The van der Waals surface area contributed by atoms with Crippen molar-refractivity contribution < 1.29 is 19.5 Å². The molecule has 0 bridgehead atoms. The summed E-state index contributed by atoms with van der Waals surface area (Å²) >= 11 is 0. The number of hydrogen-bond acceptors (Lipinski definition) is 3. The van der Waals surface area contributed by atoms with Crippen LogP contribution < -0.4 is 16.4 Å². The lowest BCUT2D eigenvalue weighted by Crippen LogP contribution is -2.54. The van der Waals surface area contributed by atoms with Crippen molar-refractivity contribution in [1.82, 2.24) is 5.32 Å². The third kappa shape index (κ3) is 5.52. The van der Waals surface area contributed by atoms with E-state index in [4.69, 9.17) is 10.8 Å². The minimum absolute atomic E-state index is 0.0556. The first-order valence-electron chi connectivity index (χ1n) is 6.40. The van der Waals surface area contributed by atoms with Crippen molar-refractivity contribution in [3.05, 3.63) is 29.8 Å². The molecule has 0 aromatic heterocycles. The SMILES string of the molecule is CC(C)(NC(=O)Nc1ccc(CCC(=O)O)cc1)C(N)=O. The highest BCUT2D eigenvalue weighted by molar-refractivity contribution is 5.95. The molecule has 0 fully saturated rings. The molecule has 7 heteroatoms. The molecule has 0 saturated carbocycles. The van der Waals surface area contributed by atoms with Crippen molar-refractivity contribution in [3.8, 4) is 0 Å². The molecule has 0 aliphatic heterocycles. The van der Waals surface area contributed by atoms with Crippen molar-refractivity contribution in [2.75, 3.05) is 5.32 Å². The summed E-state index contributed by atoms with van der Waals surface area (Å²) < 4.78 is 0. The first-order chi connectivity index (χ1) is 9.70. The number of benzene rings is 1. The fraction of sp³-hybridized carbons (Fsp3) is 0.357. The van der Waals surface area contributed by atoms with Gasteiger partial charge in [-0.05, 0) is 38.0 Å². The summed E-state index contributed by atoms with van der Waals surface area (Å²) in [4.78, 5) is 33.3. The normalized spacial score (nSPS) is 10.8. The van der Waals surface area contributed by atoms with Gasteiger partial charge in [-0.3, -0.25) is 9.59 Å². The van der Waals surface area contributed by atoms with Gasteiger partial charge in [0, 0.05) is 12.1 Å². The van der Waals surface area contributed by atoms with Gasteiger partial charge in [0.15, 0.2) is 0 Å². The molecule has 7 nitrogen and oxygen atoms in total. The summed E-state index contributed by atoms with van der Waals surface area (Å²) in [5.74, 6) is -1.49. The fourth-order valence-corrected chi connectivity index (χ4v) is 1.51. The smallest absolute Gasteiger partial charge is 0.320 e. The number of hydrogen-bond donors (Lipinski definition) is 4. The average Bonchev–Trinajstić information content (AvgIpc) is 2.36. The highest BCUT2D eigenvalue weighted by Gasteiger charge is 2.26. The number of amides is 3. The highest BCUT2D eigenvalue weighted by atomic mass is 16.4. The van der Waals surface area contributed by atoms with Crippen LogP contribution in [0.25, 0.3) is 0 Å². The average molecular weight is 293 g/mol. The van der Waals surface area contributed by atoms with Gasteiger partial charge in [0.05, 0.1) is 0 Å². The van der Waals surface area contributed by atoms with Crippen molar-refractivity contribution in [3.63, 3.8) is 0 Å². The lowest BCUT2D eigenvalue weighted by atomic mass is 10.1. The maximum Gasteiger partial charge on any atom is 0.320 e. The second-order valence-electron chi connectivity index (χ2n) is 5.16. The predicted octanol–water partition coefficient (Wildman–Crippen LogP) is 1.09. The molecule has 1 rings (SSSR count). The summed E-state index contributed by atoms with van der Waals surface area (Å²) in [5.41, 5.74) is 5.41. The summed E-state index contributed by atoms with van der Waals surface area (Å²) in [6, 6.07) is 6.24. The Morgan fingerprint density at radius 1 is 1.19 bits per heavy atom. The van der Waals surface area contributed by atoms with Crippen LogP contribution in [0.1, 0.15) is 25.8 Å². The number of aryl methyl sites for hydroxylation is 1. The van der Waals surface area contributed by atoms with Crippen LogP contribution in [0.3, 0.4) is 0 Å². The molecule has 114 valence electrons. The number of carbonyl (C=O) groups is 3. The van der Waals surface area contributed by atoms with Gasteiger partial charge in [0.2, 0.25) is 5.91 Å². The minimum Gasteiger partial charge on any atom is -0.481 e. The van der Waals surface area contributed by atoms with Crippen LogP contribution in [0.15, 0.2) is 24.3 Å². The van der Waals surface area contributed by atoms with E-state index >= 15 is 0 Å². The van der Waals surface area contributed by atoms with Crippen LogP contribution in [0, 0.1) is 0 Å². The molecule has 0 aliphatic carbocycles. The number of primary amides is 1. The Morgan fingerprint density at radius 3 is 2.24 bits per heavy atom. The predicted molar refractivity (Wildman–Crippen MR) is 77.8 cm³/mol. The molecule has 0 saturated heterocycles. The van der Waals surface area contributed by atoms with Crippen LogP contribution in [0.2, 0.25) is 0 Å². The Hall–Kier alpha value is -2.57. The molecule has 0 unspecified atom stereocenters. The van der Waals surface area contributed by atoms with E-state index in [0.717, 1.165) is 5.56 Å². The molecule has 3 amide bonds. The Labute approximate surface area is 122 Å². The number of urea groups is 1. The van der Waals surface area contributed by atoms with Crippen molar-refractivity contribution >= 4 is 23.6 Å². The molecule has 5 N–H and O–H groups in total. The van der Waals surface area contributed by atoms with Crippen molar-refractivity contribution in [1.29, 1.82) is 0 Å². The van der Waals surface area contributed by atoms with Gasteiger partial charge >= 0.3 is 12.0 Å². The molecule has 1 aromatic carbocycles. The Kier molecular flexibility index (Phi) is 5.29. The van der Waals surface area contributed by atoms with Gasteiger partial charge in [-0.25, -0.2) is 4.79 Å². The van der Waals surface area contributed by atoms with E-state index in [2.05, 4.69) is 10.6 Å². The monoisotopic (exact) mass is 293 g/mol. The zero-order chi connectivity index (χ0) is 16.0. The van der Waals surface area contributed by atoms with Crippen LogP contribution in [0.5, 0.6) is 0 Å². The number of nitrogens with two attached hydrogens (primary N) is 1. The summed E-state index contributed by atoms with van der Waals surface area (Å²) in [7, 11) is 0. The topological polar surface area (TPSA) is 122 Å². The summed E-state index contributed by atoms with van der Waals surface area (Å²) in [5, 5.41) is 13.6. The van der Waals surface area contributed by atoms with Crippen LogP contribution >= 0.6 is 0 Å². The minimum atomic E-state index is -1.15. The number of rotatable bonds is 6. The van der Waals surface area contributed by atoms with Gasteiger partial charge in [0.25, 0.3) is 0 Å². The highest BCUT2D eigenvalue weighted by Crippen LogP contribution is 2.11. The molecule has 1 aromatic rings. The summed E-state index contributed by atoms with van der Waals surface area (Å²) in [6.45, 7) is 3.01. The maximum atomic E-state index is 11.7. The molecule has 21 heavy (non-hydrogen) atoms. The number of anilines is 1. The number of nitrogens with one attached hydrogen (secondary N) is 2. The van der Waals surface area contributed by atoms with E-state index in [-0.39, 0.29) is 6.42 Å². The van der Waals surface area contributed by atoms with Gasteiger partial charge in [-0.15, -0.1) is 0 Å². The lowest BCUT2D eigenvalue weighted by Gasteiger charge is -2.22. The van der Waals surface area contributed by atoms with Crippen molar-refractivity contribution in [2.24, 2.45) is 5.73 Å². The zero-order valence-electron chi connectivity index (χ0n) is 12.0. The molecule has 0 aliphatic rings. The standard InChI is InChI=1S/C14H19N3O4/c1-14(2,12(15)20)17-13(21)16-10-6-3-9(4-7-10)5-8-11(18)19/h3-4,6-7H,5,8H2,1-2H3,(H2,15,20)(H,18,19)(H2,16,17,21). The lowest BCUT2D eigenvalue weighted by molar-refractivity contribution is -0.137. The van der Waals surface area contributed by atoms with Crippen LogP contribution in [-0.2, 0) is 16.0 Å². The third-order valence-corrected chi connectivity index (χ3v) is 2.88. The Bertz CT molecular complexity index is 538. The first-order valence-corrected chi connectivity index (χ1v) is 6.40. The van der Waals surface area contributed by atoms with E-state index in [1.165, 1.54) is 13.8 Å². The van der Waals surface area contributed by atoms with Gasteiger partial charge in [-0.1, -0.05) is 12.1 Å². The van der Waals surface area contributed by atoms with E-state index < -0.39 is 23.4 Å². The molecule has 0 heterocycles. The largest absolute Gasteiger partial charge is 0.481 e. The third-order valence-electron chi connectivity index (χ3n) is 2.88. The molecular formula is C14H19N3O4. The second kappa shape index (κ2) is 6.74. The van der Waals surface area contributed by atoms with E-state index in [0.29, 0.717) is 12.1 Å². The number of carboxylic acids is 1. The molecular weight excluding hydrogens is 274 g/mol. The quantitative estimate of drug-likeness (QED) is 0.627. The van der Waals surface area contributed by atoms with Crippen LogP contribution in [-0.4, -0.2) is 28.6 Å². The molecule has 0 radical (unpaired) electrons. The van der Waals surface area contributed by atoms with Gasteiger partial charge in [-0.2, -0.15) is 0 Å². The number of aliphatic carboxylic acids is 1. The first kappa shape index (κ1) is 16.5.